The molecule has 2 heterocycles. The molecule has 0 bridgehead atoms. The molecule has 11 nitrogen and oxygen atoms in total. The summed E-state index contributed by atoms with van der Waals surface area (Å²) in [6.45, 7) is 19.7. The van der Waals surface area contributed by atoms with E-state index < -0.39 is 0 Å². The minimum Gasteiger partial charge on any atom is -0.379 e. The average molecular weight is 731 g/mol. The van der Waals surface area contributed by atoms with Gasteiger partial charge >= 0.3 is 0 Å². The van der Waals surface area contributed by atoms with Crippen LogP contribution in [-0.4, -0.2) is 109 Å². The van der Waals surface area contributed by atoms with E-state index in [1.54, 1.807) is 0 Å². The number of hydrogen-bond donors (Lipinski definition) is 0. The number of azide groups is 1. The molecule has 0 aromatic heterocycles. The molecule has 2 aromatic carbocycles. The SMILES string of the molecule is CCCOCCOCCOCCN1/C(=C/C=C\C=C/C2=[N+](CCOCCOCCOCCN=[N+]=[N-])c3ccccc3C2(C)C)C(C)(C)c2ccccc21. The standard InChI is InChI=1S/C42H60N5O6/c1-6-23-48-27-31-52-33-29-50-25-21-46-37-16-12-10-14-35(37)41(2,3)39(46)18-8-7-9-19-40-42(4,5)36-15-11-13-17-38(36)47(40)22-26-51-30-34-53-32-28-49-24-20-44-45-43/h7-19H,6,20-34H2,1-5H3/q+1. The number of hydrogen-bond acceptors (Lipinski definition) is 8. The Morgan fingerprint density at radius 3 is 1.94 bits per heavy atom. The number of benzene rings is 2. The fraction of sp³-hybridized carbons (Fsp3) is 0.548. The second-order valence-electron chi connectivity index (χ2n) is 13.9. The quantitative estimate of drug-likeness (QED) is 0.0244. The molecule has 0 radical (unpaired) electrons. The van der Waals surface area contributed by atoms with Crippen LogP contribution in [0.4, 0.5) is 11.4 Å². The molecule has 4 rings (SSSR count). The topological polar surface area (TPSA) is 110 Å². The van der Waals surface area contributed by atoms with E-state index in [0.717, 1.165) is 26.1 Å². The van der Waals surface area contributed by atoms with E-state index in [9.17, 15) is 0 Å². The summed E-state index contributed by atoms with van der Waals surface area (Å²) in [7, 11) is 0. The summed E-state index contributed by atoms with van der Waals surface area (Å²) in [5.41, 5.74) is 15.6. The third-order valence-corrected chi connectivity index (χ3v) is 9.48. The zero-order valence-electron chi connectivity index (χ0n) is 32.5. The smallest absolute Gasteiger partial charge is 0.209 e. The van der Waals surface area contributed by atoms with Crippen LogP contribution in [0.15, 0.2) is 89.7 Å². The van der Waals surface area contributed by atoms with E-state index in [1.165, 1.54) is 33.9 Å². The zero-order valence-corrected chi connectivity index (χ0v) is 32.5. The van der Waals surface area contributed by atoms with Gasteiger partial charge < -0.3 is 33.3 Å². The molecule has 2 aromatic rings. The number of rotatable bonds is 26. The molecule has 0 amide bonds. The maximum atomic E-state index is 8.31. The van der Waals surface area contributed by atoms with Crippen LogP contribution in [0.25, 0.3) is 10.4 Å². The van der Waals surface area contributed by atoms with Gasteiger partial charge in [0.05, 0.1) is 71.5 Å². The van der Waals surface area contributed by atoms with E-state index in [4.69, 9.17) is 34.0 Å². The lowest BCUT2D eigenvalue weighted by Gasteiger charge is -2.27. The lowest BCUT2D eigenvalue weighted by molar-refractivity contribution is -0.442. The molecule has 11 heteroatoms. The number of fused-ring (bicyclic) bond motifs is 2. The van der Waals surface area contributed by atoms with Gasteiger partial charge in [0.1, 0.15) is 6.61 Å². The number of allylic oxidation sites excluding steroid dienone is 6. The first-order valence-corrected chi connectivity index (χ1v) is 19.0. The molecule has 53 heavy (non-hydrogen) atoms. The Bertz CT molecular complexity index is 1590. The van der Waals surface area contributed by atoms with Crippen molar-refractivity contribution in [3.8, 4) is 0 Å². The Labute approximate surface area is 316 Å². The highest BCUT2D eigenvalue weighted by molar-refractivity contribution is 6.03. The monoisotopic (exact) mass is 730 g/mol. The second-order valence-corrected chi connectivity index (χ2v) is 13.9. The Hall–Kier alpha value is -3.80. The van der Waals surface area contributed by atoms with Crippen LogP contribution in [-0.2, 0) is 39.3 Å². The molecule has 0 saturated heterocycles. The second kappa shape index (κ2) is 22.4. The van der Waals surface area contributed by atoms with Gasteiger partial charge in [-0.3, -0.25) is 0 Å². The van der Waals surface area contributed by atoms with Crippen LogP contribution in [0, 0.1) is 0 Å². The van der Waals surface area contributed by atoms with Gasteiger partial charge in [-0.15, -0.1) is 0 Å². The summed E-state index contributed by atoms with van der Waals surface area (Å²) >= 11 is 0. The third-order valence-electron chi connectivity index (χ3n) is 9.48. The molecule has 0 unspecified atom stereocenters. The maximum absolute atomic E-state index is 8.31. The first kappa shape index (κ1) is 41.9. The molecule has 288 valence electrons. The van der Waals surface area contributed by atoms with Gasteiger partial charge in [-0.2, -0.15) is 4.58 Å². The minimum atomic E-state index is -0.152. The van der Waals surface area contributed by atoms with Crippen LogP contribution < -0.4 is 4.90 Å². The van der Waals surface area contributed by atoms with E-state index in [1.807, 2.05) is 0 Å². The predicted molar refractivity (Wildman–Crippen MR) is 212 cm³/mol. The summed E-state index contributed by atoms with van der Waals surface area (Å²) in [6, 6.07) is 17.3. The van der Waals surface area contributed by atoms with Crippen molar-refractivity contribution in [1.82, 2.24) is 0 Å². The summed E-state index contributed by atoms with van der Waals surface area (Å²) < 4.78 is 36.4. The predicted octanol–water partition coefficient (Wildman–Crippen LogP) is 7.68. The Balaban J connectivity index is 1.34. The molecular weight excluding hydrogens is 670 g/mol. The highest BCUT2D eigenvalue weighted by Gasteiger charge is 2.44. The summed E-state index contributed by atoms with van der Waals surface area (Å²) in [6.07, 6.45) is 11.9. The van der Waals surface area contributed by atoms with E-state index in [2.05, 4.69) is 133 Å². The van der Waals surface area contributed by atoms with Crippen LogP contribution in [0.1, 0.15) is 52.2 Å². The summed E-state index contributed by atoms with van der Waals surface area (Å²) in [4.78, 5) is 5.10. The van der Waals surface area contributed by atoms with Gasteiger partial charge in [0, 0.05) is 59.1 Å². The van der Waals surface area contributed by atoms with Crippen LogP contribution in [0.5, 0.6) is 0 Å². The van der Waals surface area contributed by atoms with Crippen molar-refractivity contribution in [3.05, 3.63) is 106 Å². The Kier molecular flexibility index (Phi) is 17.7. The highest BCUT2D eigenvalue weighted by atomic mass is 16.5. The van der Waals surface area contributed by atoms with E-state index in [-0.39, 0.29) is 10.8 Å². The van der Waals surface area contributed by atoms with Crippen molar-refractivity contribution in [2.24, 2.45) is 5.11 Å². The molecule has 2 aliphatic rings. The van der Waals surface area contributed by atoms with Crippen molar-refractivity contribution in [2.75, 3.05) is 104 Å². The third kappa shape index (κ3) is 12.1. The van der Waals surface area contributed by atoms with Crippen molar-refractivity contribution < 1.29 is 33.0 Å². The Morgan fingerprint density at radius 1 is 0.679 bits per heavy atom. The summed E-state index contributed by atoms with van der Waals surface area (Å²) in [5.74, 6) is 0. The average Bonchev–Trinajstić information content (AvgIpc) is 3.51. The first-order valence-electron chi connectivity index (χ1n) is 19.0. The molecule has 0 aliphatic carbocycles. The lowest BCUT2D eigenvalue weighted by Crippen LogP contribution is -2.29. The van der Waals surface area contributed by atoms with Crippen molar-refractivity contribution >= 4 is 17.1 Å². The molecule has 2 aliphatic heterocycles. The molecule has 0 fully saturated rings. The lowest BCUT2D eigenvalue weighted by atomic mass is 9.81. The number of para-hydroxylation sites is 2. The highest BCUT2D eigenvalue weighted by Crippen LogP contribution is 2.47. The van der Waals surface area contributed by atoms with Crippen molar-refractivity contribution in [2.45, 2.75) is 51.9 Å². The first-order chi connectivity index (χ1) is 25.8. The normalized spacial score (nSPS) is 16.6. The summed E-state index contributed by atoms with van der Waals surface area (Å²) in [5, 5.41) is 3.45. The van der Waals surface area contributed by atoms with Crippen LogP contribution in [0.3, 0.4) is 0 Å². The maximum Gasteiger partial charge on any atom is 0.209 e. The van der Waals surface area contributed by atoms with Gasteiger partial charge in [-0.25, -0.2) is 0 Å². The van der Waals surface area contributed by atoms with E-state index >= 15 is 0 Å². The van der Waals surface area contributed by atoms with Crippen LogP contribution >= 0.6 is 0 Å². The molecule has 0 atom stereocenters. The number of ether oxygens (including phenoxy) is 6. The van der Waals surface area contributed by atoms with Gasteiger partial charge in [-0.05, 0) is 43.5 Å². The number of anilines is 1. The molecule has 0 spiro atoms. The largest absolute Gasteiger partial charge is 0.379 e. The van der Waals surface area contributed by atoms with Gasteiger partial charge in [0.15, 0.2) is 12.3 Å². The zero-order chi connectivity index (χ0) is 37.8. The number of nitrogens with zero attached hydrogens (tertiary/aromatic N) is 5. The Morgan fingerprint density at radius 2 is 1.26 bits per heavy atom. The fourth-order valence-electron chi connectivity index (χ4n) is 6.81. The van der Waals surface area contributed by atoms with Gasteiger partial charge in [-0.1, -0.05) is 80.5 Å². The minimum absolute atomic E-state index is 0.139. The van der Waals surface area contributed by atoms with Crippen molar-refractivity contribution in [3.63, 3.8) is 0 Å². The fourth-order valence-corrected chi connectivity index (χ4v) is 6.81. The van der Waals surface area contributed by atoms with Crippen LogP contribution in [0.2, 0.25) is 0 Å². The molecule has 0 N–H and O–H groups in total. The molecular formula is C42H60N5O6+. The van der Waals surface area contributed by atoms with Gasteiger partial charge in [0.25, 0.3) is 0 Å². The van der Waals surface area contributed by atoms with Gasteiger partial charge in [0.2, 0.25) is 5.69 Å². The van der Waals surface area contributed by atoms with Crippen molar-refractivity contribution in [1.29, 1.82) is 0 Å². The molecule has 0 saturated carbocycles. The van der Waals surface area contributed by atoms with E-state index in [0.29, 0.717) is 79.2 Å².